The number of hydrogen-bond donors (Lipinski definition) is 1. The number of hydrogen-bond acceptors (Lipinski definition) is 7. The minimum absolute atomic E-state index is 0.0186. The van der Waals surface area contributed by atoms with Crippen LogP contribution in [-0.4, -0.2) is 49.4 Å². The maximum atomic E-state index is 12.6. The van der Waals surface area contributed by atoms with Crippen molar-refractivity contribution in [3.63, 3.8) is 0 Å². The highest BCUT2D eigenvalue weighted by Crippen LogP contribution is 2.23. The molecule has 4 rings (SSSR count). The molecular formula is C20H21N7O2. The van der Waals surface area contributed by atoms with Gasteiger partial charge in [-0.1, -0.05) is 30.3 Å². The van der Waals surface area contributed by atoms with Gasteiger partial charge in [0.1, 0.15) is 0 Å². The fourth-order valence-corrected chi connectivity index (χ4v) is 3.57. The molecule has 2 atom stereocenters. The lowest BCUT2D eigenvalue weighted by Crippen LogP contribution is -2.36. The number of likely N-dealkylation sites (tertiary alicyclic amines) is 1. The lowest BCUT2D eigenvalue weighted by atomic mass is 10.1. The average Bonchev–Trinajstić information content (AvgIpc) is 3.49. The number of benzene rings is 1. The topological polar surface area (TPSA) is 113 Å². The van der Waals surface area contributed by atoms with E-state index in [1.807, 2.05) is 24.3 Å². The highest BCUT2D eigenvalue weighted by atomic mass is 16.4. The number of amides is 1. The summed E-state index contributed by atoms with van der Waals surface area (Å²) >= 11 is 0. The van der Waals surface area contributed by atoms with E-state index in [0.717, 1.165) is 12.0 Å². The highest BCUT2D eigenvalue weighted by molar-refractivity contribution is 5.90. The van der Waals surface area contributed by atoms with E-state index in [1.165, 1.54) is 5.56 Å². The lowest BCUT2D eigenvalue weighted by molar-refractivity contribution is 0.0904. The third kappa shape index (κ3) is 4.11. The van der Waals surface area contributed by atoms with Gasteiger partial charge < -0.3 is 14.6 Å². The van der Waals surface area contributed by atoms with E-state index >= 15 is 0 Å². The molecule has 1 aromatic carbocycles. The molecule has 0 bridgehead atoms. The second kappa shape index (κ2) is 8.14. The Labute approximate surface area is 167 Å². The van der Waals surface area contributed by atoms with E-state index < -0.39 is 0 Å². The molecule has 1 saturated heterocycles. The van der Waals surface area contributed by atoms with Gasteiger partial charge >= 0.3 is 5.91 Å². The second-order valence-electron chi connectivity index (χ2n) is 7.02. The molecule has 0 spiro atoms. The van der Waals surface area contributed by atoms with Crippen molar-refractivity contribution in [1.29, 1.82) is 5.26 Å². The molecule has 3 aromatic rings. The summed E-state index contributed by atoms with van der Waals surface area (Å²) in [7, 11) is 0. The van der Waals surface area contributed by atoms with Crippen LogP contribution in [0, 0.1) is 11.5 Å². The zero-order valence-corrected chi connectivity index (χ0v) is 16.0. The molecule has 9 heteroatoms. The molecule has 2 aromatic heterocycles. The van der Waals surface area contributed by atoms with Gasteiger partial charge in [-0.15, -0.1) is 5.10 Å². The van der Waals surface area contributed by atoms with E-state index in [2.05, 4.69) is 33.7 Å². The Bertz CT molecular complexity index is 1020. The number of oxazole rings is 1. The number of carbonyl (C=O) groups excluding carboxylic acids is 1. The third-order valence-corrected chi connectivity index (χ3v) is 5.07. The maximum absolute atomic E-state index is 12.6. The Morgan fingerprint density at radius 2 is 2.34 bits per heavy atom. The summed E-state index contributed by atoms with van der Waals surface area (Å²) in [6.45, 7) is 3.06. The number of nitrogens with zero attached hydrogens (tertiary/aromatic N) is 6. The molecule has 0 unspecified atom stereocenters. The molecule has 9 nitrogen and oxygen atoms in total. The molecule has 1 aliphatic heterocycles. The van der Waals surface area contributed by atoms with E-state index in [4.69, 9.17) is 4.42 Å². The molecule has 29 heavy (non-hydrogen) atoms. The summed E-state index contributed by atoms with van der Waals surface area (Å²) in [5, 5.41) is 20.0. The molecule has 1 fully saturated rings. The fourth-order valence-electron chi connectivity index (χ4n) is 3.57. The minimum atomic E-state index is -0.382. The van der Waals surface area contributed by atoms with Gasteiger partial charge in [-0.3, -0.25) is 9.48 Å². The van der Waals surface area contributed by atoms with Crippen LogP contribution in [0.4, 0.5) is 0 Å². The third-order valence-electron chi connectivity index (χ3n) is 5.07. The Morgan fingerprint density at radius 3 is 3.10 bits per heavy atom. The van der Waals surface area contributed by atoms with Gasteiger partial charge in [-0.05, 0) is 24.5 Å². The monoisotopic (exact) mass is 391 g/mol. The Hall–Kier alpha value is -3.67. The van der Waals surface area contributed by atoms with Crippen molar-refractivity contribution in [1.82, 2.24) is 30.2 Å². The van der Waals surface area contributed by atoms with E-state index in [1.54, 1.807) is 28.2 Å². The van der Waals surface area contributed by atoms with Crippen LogP contribution in [0.3, 0.4) is 0 Å². The molecule has 0 radical (unpaired) electrons. The number of aryl methyl sites for hydroxylation is 1. The normalized spacial score (nSPS) is 18.6. The predicted octanol–water partition coefficient (Wildman–Crippen LogP) is 1.85. The van der Waals surface area contributed by atoms with Gasteiger partial charge in [0.05, 0.1) is 25.0 Å². The highest BCUT2D eigenvalue weighted by Gasteiger charge is 2.33. The largest absolute Gasteiger partial charge is 0.432 e. The van der Waals surface area contributed by atoms with Crippen LogP contribution in [0.15, 0.2) is 47.3 Å². The van der Waals surface area contributed by atoms with Gasteiger partial charge in [0.15, 0.2) is 12.0 Å². The van der Waals surface area contributed by atoms with Crippen LogP contribution >= 0.6 is 0 Å². The van der Waals surface area contributed by atoms with Crippen molar-refractivity contribution in [2.24, 2.45) is 0 Å². The Kier molecular flexibility index (Phi) is 5.24. The van der Waals surface area contributed by atoms with Crippen LogP contribution in [0.2, 0.25) is 0 Å². The Morgan fingerprint density at radius 1 is 1.45 bits per heavy atom. The van der Waals surface area contributed by atoms with E-state index in [9.17, 15) is 10.1 Å². The van der Waals surface area contributed by atoms with Crippen molar-refractivity contribution in [3.05, 3.63) is 54.3 Å². The number of nitrogens with one attached hydrogen (secondary N) is 1. The first-order chi connectivity index (χ1) is 14.2. The van der Waals surface area contributed by atoms with Gasteiger partial charge in [0.2, 0.25) is 0 Å². The molecule has 1 aliphatic rings. The number of carbonyl (C=O) groups is 1. The zero-order chi connectivity index (χ0) is 20.2. The molecule has 0 aliphatic carbocycles. The standard InChI is InChI=1S/C20H21N7O2/c1-2-14-4-3-5-15(8-14)18-10-22-20(29-18)19(28)24-16-9-17(26(11-16)13-21)12-27-7-6-23-25-27/h3-8,10,16-17H,2,9,11-12H2,1H3,(H,24,28)/t16-,17+/m1/s1. The summed E-state index contributed by atoms with van der Waals surface area (Å²) < 4.78 is 7.37. The lowest BCUT2D eigenvalue weighted by Gasteiger charge is -2.16. The van der Waals surface area contributed by atoms with E-state index in [-0.39, 0.29) is 23.9 Å². The van der Waals surface area contributed by atoms with Crippen molar-refractivity contribution in [2.75, 3.05) is 6.54 Å². The van der Waals surface area contributed by atoms with Crippen LogP contribution in [-0.2, 0) is 13.0 Å². The van der Waals surface area contributed by atoms with Crippen molar-refractivity contribution < 1.29 is 9.21 Å². The molecule has 1 amide bonds. The van der Waals surface area contributed by atoms with Crippen LogP contribution < -0.4 is 5.32 Å². The number of rotatable bonds is 6. The van der Waals surface area contributed by atoms with Crippen LogP contribution in [0.1, 0.15) is 29.6 Å². The summed E-state index contributed by atoms with van der Waals surface area (Å²) in [4.78, 5) is 18.4. The average molecular weight is 391 g/mol. The van der Waals surface area contributed by atoms with Gasteiger partial charge in [-0.25, -0.2) is 4.98 Å². The van der Waals surface area contributed by atoms with Gasteiger partial charge in [-0.2, -0.15) is 5.26 Å². The fraction of sp³-hybridized carbons (Fsp3) is 0.350. The summed E-state index contributed by atoms with van der Waals surface area (Å²) in [5.41, 5.74) is 2.08. The zero-order valence-electron chi connectivity index (χ0n) is 16.0. The molecule has 3 heterocycles. The maximum Gasteiger partial charge on any atom is 0.307 e. The van der Waals surface area contributed by atoms with Crippen LogP contribution in [0.25, 0.3) is 11.3 Å². The first-order valence-electron chi connectivity index (χ1n) is 9.52. The second-order valence-corrected chi connectivity index (χ2v) is 7.02. The van der Waals surface area contributed by atoms with Gasteiger partial charge in [0.25, 0.3) is 5.89 Å². The van der Waals surface area contributed by atoms with Crippen molar-refractivity contribution in [3.8, 4) is 17.5 Å². The van der Waals surface area contributed by atoms with Gasteiger partial charge in [0, 0.05) is 24.3 Å². The molecule has 1 N–H and O–H groups in total. The molecule has 148 valence electrons. The quantitative estimate of drug-likeness (QED) is 0.638. The Balaban J connectivity index is 1.40. The number of aromatic nitrogens is 4. The summed E-state index contributed by atoms with van der Waals surface area (Å²) in [6, 6.07) is 7.74. The summed E-state index contributed by atoms with van der Waals surface area (Å²) in [5.74, 6) is 0.192. The smallest absolute Gasteiger partial charge is 0.307 e. The molecule has 0 saturated carbocycles. The van der Waals surface area contributed by atoms with Crippen molar-refractivity contribution >= 4 is 5.91 Å². The first-order valence-corrected chi connectivity index (χ1v) is 9.52. The predicted molar refractivity (Wildman–Crippen MR) is 103 cm³/mol. The minimum Gasteiger partial charge on any atom is -0.432 e. The first kappa shape index (κ1) is 18.7. The molecular weight excluding hydrogens is 370 g/mol. The van der Waals surface area contributed by atoms with Crippen LogP contribution in [0.5, 0.6) is 0 Å². The SMILES string of the molecule is CCc1cccc(-c2cnc(C(=O)N[C@@H]3C[C@@H](Cn4ccnn4)N(C#N)C3)o2)c1. The van der Waals surface area contributed by atoms with Crippen molar-refractivity contribution in [2.45, 2.75) is 38.4 Å². The number of nitriles is 1. The summed E-state index contributed by atoms with van der Waals surface area (Å²) in [6.07, 6.45) is 8.65. The van der Waals surface area contributed by atoms with E-state index in [0.29, 0.717) is 25.3 Å².